The number of rotatable bonds is 5. The Morgan fingerprint density at radius 3 is 2.62 bits per heavy atom. The van der Waals surface area contributed by atoms with Crippen LogP contribution in [0.4, 0.5) is 5.69 Å². The molecule has 1 aromatic carbocycles. The highest BCUT2D eigenvalue weighted by atomic mass is 35.5. The standard InChI is InChI=1S/C25H28ClN7O/c1-4-33-7-5-17(6-8-33)30-21-12-20-18(11-19(21)26)25(34)32-23(31-20)10-16-9-22-24(27-13-16)29-15(3)14(2)28-22/h9,11-13,17,30H,4-8,10H2,1-3H3,(H,31,32,34). The Morgan fingerprint density at radius 1 is 1.09 bits per heavy atom. The fourth-order valence-electron chi connectivity index (χ4n) is 4.46. The Morgan fingerprint density at radius 2 is 1.85 bits per heavy atom. The summed E-state index contributed by atoms with van der Waals surface area (Å²) >= 11 is 6.52. The molecule has 1 saturated heterocycles. The second-order valence-corrected chi connectivity index (χ2v) is 9.38. The molecule has 2 N–H and O–H groups in total. The van der Waals surface area contributed by atoms with Crippen molar-refractivity contribution < 1.29 is 0 Å². The lowest BCUT2D eigenvalue weighted by molar-refractivity contribution is 0.229. The molecule has 0 saturated carbocycles. The molecule has 0 spiro atoms. The number of aromatic amines is 1. The molecule has 9 heteroatoms. The van der Waals surface area contributed by atoms with E-state index in [1.807, 2.05) is 26.0 Å². The number of piperidine rings is 1. The molecule has 5 rings (SSSR count). The van der Waals surface area contributed by atoms with Crippen LogP contribution in [0.5, 0.6) is 0 Å². The fraction of sp³-hybridized carbons (Fsp3) is 0.400. The molecule has 4 aromatic rings. The van der Waals surface area contributed by atoms with Crippen LogP contribution in [0, 0.1) is 13.8 Å². The van der Waals surface area contributed by atoms with Gasteiger partial charge in [0.15, 0.2) is 5.65 Å². The van der Waals surface area contributed by atoms with E-state index in [0.29, 0.717) is 39.9 Å². The van der Waals surface area contributed by atoms with E-state index < -0.39 is 0 Å². The number of fused-ring (bicyclic) bond motifs is 2. The first-order valence-corrected chi connectivity index (χ1v) is 12.1. The molecule has 8 nitrogen and oxygen atoms in total. The van der Waals surface area contributed by atoms with E-state index in [4.69, 9.17) is 16.6 Å². The molecule has 0 atom stereocenters. The van der Waals surface area contributed by atoms with E-state index in [1.54, 1.807) is 12.3 Å². The number of pyridine rings is 1. The number of halogens is 1. The van der Waals surface area contributed by atoms with Crippen molar-refractivity contribution in [2.75, 3.05) is 25.0 Å². The van der Waals surface area contributed by atoms with Gasteiger partial charge in [0.2, 0.25) is 0 Å². The minimum atomic E-state index is -0.204. The number of likely N-dealkylation sites (tertiary alicyclic amines) is 1. The molecule has 3 aromatic heterocycles. The first-order valence-electron chi connectivity index (χ1n) is 11.7. The van der Waals surface area contributed by atoms with Crippen LogP contribution in [-0.4, -0.2) is 55.5 Å². The number of aromatic nitrogens is 5. The van der Waals surface area contributed by atoms with Crippen LogP contribution in [0.3, 0.4) is 0 Å². The SMILES string of the molecule is CCN1CCC(Nc2cc3nc(Cc4cnc5nc(C)c(C)nc5c4)[nH]c(=O)c3cc2Cl)CC1. The third-order valence-electron chi connectivity index (χ3n) is 6.60. The first-order chi connectivity index (χ1) is 16.4. The number of hydrogen-bond donors (Lipinski definition) is 2. The predicted octanol–water partition coefficient (Wildman–Crippen LogP) is 4.02. The maximum atomic E-state index is 12.8. The lowest BCUT2D eigenvalue weighted by Gasteiger charge is -2.32. The van der Waals surface area contributed by atoms with Crippen molar-refractivity contribution in [3.05, 3.63) is 62.5 Å². The zero-order valence-electron chi connectivity index (χ0n) is 19.7. The molecule has 0 unspecified atom stereocenters. The van der Waals surface area contributed by atoms with Gasteiger partial charge < -0.3 is 15.2 Å². The van der Waals surface area contributed by atoms with Crippen molar-refractivity contribution in [3.8, 4) is 0 Å². The van der Waals surface area contributed by atoms with Gasteiger partial charge >= 0.3 is 0 Å². The predicted molar refractivity (Wildman–Crippen MR) is 136 cm³/mol. The lowest BCUT2D eigenvalue weighted by atomic mass is 10.0. The Bertz CT molecular complexity index is 1430. The molecule has 0 amide bonds. The number of nitrogens with zero attached hydrogens (tertiary/aromatic N) is 5. The summed E-state index contributed by atoms with van der Waals surface area (Å²) in [5, 5.41) is 4.58. The highest BCUT2D eigenvalue weighted by Crippen LogP contribution is 2.28. The summed E-state index contributed by atoms with van der Waals surface area (Å²) in [4.78, 5) is 36.4. The molecule has 1 aliphatic heterocycles. The summed E-state index contributed by atoms with van der Waals surface area (Å²) < 4.78 is 0. The maximum Gasteiger partial charge on any atom is 0.258 e. The van der Waals surface area contributed by atoms with Gasteiger partial charge in [-0.1, -0.05) is 18.5 Å². The molecule has 34 heavy (non-hydrogen) atoms. The number of benzene rings is 1. The van der Waals surface area contributed by atoms with Crippen LogP contribution in [0.1, 0.15) is 42.5 Å². The van der Waals surface area contributed by atoms with Crippen LogP contribution >= 0.6 is 11.6 Å². The average molecular weight is 478 g/mol. The highest BCUT2D eigenvalue weighted by Gasteiger charge is 2.19. The minimum absolute atomic E-state index is 0.204. The molecule has 0 bridgehead atoms. The summed E-state index contributed by atoms with van der Waals surface area (Å²) in [5.74, 6) is 0.569. The largest absolute Gasteiger partial charge is 0.381 e. The summed E-state index contributed by atoms with van der Waals surface area (Å²) in [7, 11) is 0. The third-order valence-corrected chi connectivity index (χ3v) is 6.91. The molecule has 0 aliphatic carbocycles. The van der Waals surface area contributed by atoms with Crippen LogP contribution < -0.4 is 10.9 Å². The van der Waals surface area contributed by atoms with E-state index in [9.17, 15) is 4.79 Å². The van der Waals surface area contributed by atoms with Crippen molar-refractivity contribution in [2.45, 2.75) is 46.1 Å². The third kappa shape index (κ3) is 4.60. The maximum absolute atomic E-state index is 12.8. The molecular weight excluding hydrogens is 450 g/mol. The Kier molecular flexibility index (Phi) is 6.18. The highest BCUT2D eigenvalue weighted by molar-refractivity contribution is 6.34. The van der Waals surface area contributed by atoms with E-state index >= 15 is 0 Å². The van der Waals surface area contributed by atoms with E-state index in [0.717, 1.165) is 60.6 Å². The van der Waals surface area contributed by atoms with E-state index in [2.05, 4.69) is 37.1 Å². The first kappa shape index (κ1) is 22.7. The molecule has 176 valence electrons. The number of anilines is 1. The van der Waals surface area contributed by atoms with Gasteiger partial charge in [-0.05, 0) is 57.0 Å². The molecule has 1 fully saturated rings. The van der Waals surface area contributed by atoms with Crippen LogP contribution in [-0.2, 0) is 6.42 Å². The summed E-state index contributed by atoms with van der Waals surface area (Å²) in [5.41, 5.74) is 5.23. The average Bonchev–Trinajstić information content (AvgIpc) is 2.82. The summed E-state index contributed by atoms with van der Waals surface area (Å²) in [6.45, 7) is 9.27. The number of nitrogens with one attached hydrogen (secondary N) is 2. The lowest BCUT2D eigenvalue weighted by Crippen LogP contribution is -2.38. The second-order valence-electron chi connectivity index (χ2n) is 8.97. The molecule has 1 aliphatic rings. The van der Waals surface area contributed by atoms with Crippen molar-refractivity contribution in [1.82, 2.24) is 29.8 Å². The fourth-order valence-corrected chi connectivity index (χ4v) is 4.68. The van der Waals surface area contributed by atoms with Crippen LogP contribution in [0.2, 0.25) is 5.02 Å². The Balaban J connectivity index is 1.42. The van der Waals surface area contributed by atoms with E-state index in [-0.39, 0.29) is 5.56 Å². The van der Waals surface area contributed by atoms with Gasteiger partial charge in [0.1, 0.15) is 11.3 Å². The minimum Gasteiger partial charge on any atom is -0.381 e. The van der Waals surface area contributed by atoms with Gasteiger partial charge in [-0.2, -0.15) is 0 Å². The quantitative estimate of drug-likeness (QED) is 0.447. The number of aryl methyl sites for hydroxylation is 2. The van der Waals surface area contributed by atoms with Gasteiger partial charge in [-0.25, -0.2) is 19.9 Å². The van der Waals surface area contributed by atoms with Crippen molar-refractivity contribution in [1.29, 1.82) is 0 Å². The number of H-pyrrole nitrogens is 1. The van der Waals surface area contributed by atoms with Crippen LogP contribution in [0.25, 0.3) is 22.1 Å². The van der Waals surface area contributed by atoms with Crippen LogP contribution in [0.15, 0.2) is 29.2 Å². The van der Waals surface area contributed by atoms with Gasteiger partial charge in [0, 0.05) is 31.7 Å². The number of hydrogen-bond acceptors (Lipinski definition) is 7. The molecule has 0 radical (unpaired) electrons. The van der Waals surface area contributed by atoms with Gasteiger partial charge in [-0.15, -0.1) is 0 Å². The van der Waals surface area contributed by atoms with E-state index in [1.165, 1.54) is 0 Å². The Labute approximate surface area is 202 Å². The van der Waals surface area contributed by atoms with Crippen molar-refractivity contribution in [3.63, 3.8) is 0 Å². The topological polar surface area (TPSA) is 99.7 Å². The monoisotopic (exact) mass is 477 g/mol. The zero-order valence-corrected chi connectivity index (χ0v) is 20.4. The second kappa shape index (κ2) is 9.27. The zero-order chi connectivity index (χ0) is 23.8. The smallest absolute Gasteiger partial charge is 0.258 e. The van der Waals surface area contributed by atoms with Gasteiger partial charge in [0.05, 0.1) is 33.0 Å². The van der Waals surface area contributed by atoms with Crippen molar-refractivity contribution in [2.24, 2.45) is 0 Å². The van der Waals surface area contributed by atoms with Gasteiger partial charge in [-0.3, -0.25) is 4.79 Å². The molecule has 4 heterocycles. The summed E-state index contributed by atoms with van der Waals surface area (Å²) in [6, 6.07) is 5.90. The Hall–Kier alpha value is -3.10. The summed E-state index contributed by atoms with van der Waals surface area (Å²) in [6.07, 6.45) is 4.32. The molecular formula is C25H28ClN7O. The normalized spacial score (nSPS) is 15.3. The van der Waals surface area contributed by atoms with Gasteiger partial charge in [0.25, 0.3) is 5.56 Å². The van der Waals surface area contributed by atoms with Crippen molar-refractivity contribution >= 4 is 39.4 Å².